The van der Waals surface area contributed by atoms with Gasteiger partial charge in [-0.3, -0.25) is 14.5 Å². The van der Waals surface area contributed by atoms with Gasteiger partial charge in [0.2, 0.25) is 0 Å². The number of Topliss-reactive ketones (excluding diaryl/α,β-unsaturated/α-hetero) is 1. The third kappa shape index (κ3) is 4.02. The van der Waals surface area contributed by atoms with Crippen molar-refractivity contribution in [2.75, 3.05) is 32.8 Å². The number of ketones is 1. The minimum atomic E-state index is -1.19. The Morgan fingerprint density at radius 2 is 1.91 bits per heavy atom. The van der Waals surface area contributed by atoms with Crippen LogP contribution in [0, 0.1) is 34.5 Å². The maximum atomic E-state index is 12.6. The molecule has 1 N–H and O–H groups in total. The summed E-state index contributed by atoms with van der Waals surface area (Å²) >= 11 is 0. The van der Waals surface area contributed by atoms with E-state index in [2.05, 4.69) is 31.7 Å². The maximum Gasteiger partial charge on any atom is 0.307 e. The predicted octanol–water partition coefficient (Wildman–Crippen LogP) is 4.15. The zero-order valence-corrected chi connectivity index (χ0v) is 22.2. The molecule has 3 unspecified atom stereocenters. The number of carbonyl (C=O) groups excluding carboxylic acids is 2. The smallest absolute Gasteiger partial charge is 0.307 e. The van der Waals surface area contributed by atoms with Gasteiger partial charge in [-0.2, -0.15) is 0 Å². The number of hydrogen-bond acceptors (Lipinski definition) is 6. The van der Waals surface area contributed by atoms with Crippen LogP contribution in [0.25, 0.3) is 0 Å². The van der Waals surface area contributed by atoms with Crippen molar-refractivity contribution in [3.63, 3.8) is 0 Å². The largest absolute Gasteiger partial charge is 0.462 e. The number of fused-ring (bicyclic) bond motifs is 5. The van der Waals surface area contributed by atoms with Crippen LogP contribution in [0.2, 0.25) is 0 Å². The maximum absolute atomic E-state index is 12.6. The molecule has 0 bridgehead atoms. The number of allylic oxidation sites excluding steroid dienone is 1. The Kier molecular flexibility index (Phi) is 6.72. The van der Waals surface area contributed by atoms with Gasteiger partial charge in [-0.25, -0.2) is 0 Å². The normalized spacial score (nSPS) is 45.6. The number of nitrogens with zero attached hydrogens (tertiary/aromatic N) is 1. The number of rotatable bonds is 5. The fourth-order valence-corrected chi connectivity index (χ4v) is 9.14. The van der Waals surface area contributed by atoms with E-state index in [9.17, 15) is 14.7 Å². The lowest BCUT2D eigenvalue weighted by Gasteiger charge is -2.58. The van der Waals surface area contributed by atoms with Crippen molar-refractivity contribution >= 4 is 11.8 Å². The van der Waals surface area contributed by atoms with Gasteiger partial charge in [0.25, 0.3) is 0 Å². The minimum absolute atomic E-state index is 0.00812. The summed E-state index contributed by atoms with van der Waals surface area (Å²) < 4.78 is 11.3. The molecule has 6 heteroatoms. The van der Waals surface area contributed by atoms with Gasteiger partial charge in [-0.05, 0) is 74.5 Å². The molecule has 196 valence electrons. The van der Waals surface area contributed by atoms with Crippen LogP contribution in [0.5, 0.6) is 0 Å². The number of aliphatic hydroxyl groups is 1. The van der Waals surface area contributed by atoms with Crippen LogP contribution in [0.3, 0.4) is 0 Å². The Hall–Kier alpha value is -1.24. The van der Waals surface area contributed by atoms with Crippen LogP contribution in [0.1, 0.15) is 79.1 Å². The zero-order chi connectivity index (χ0) is 25.0. The Bertz CT molecular complexity index is 880. The van der Waals surface area contributed by atoms with E-state index in [-0.39, 0.29) is 34.6 Å². The van der Waals surface area contributed by atoms with Gasteiger partial charge in [-0.15, -0.1) is 0 Å². The lowest BCUT2D eigenvalue weighted by Crippen LogP contribution is -2.58. The molecule has 5 aliphatic rings. The van der Waals surface area contributed by atoms with E-state index in [1.54, 1.807) is 6.92 Å². The highest BCUT2D eigenvalue weighted by Crippen LogP contribution is 2.68. The summed E-state index contributed by atoms with van der Waals surface area (Å²) in [4.78, 5) is 27.5. The molecule has 0 amide bonds. The lowest BCUT2D eigenvalue weighted by atomic mass is 9.46. The van der Waals surface area contributed by atoms with Gasteiger partial charge in [0, 0.05) is 31.5 Å². The Balaban J connectivity index is 1.24. The molecule has 4 fully saturated rings. The van der Waals surface area contributed by atoms with Crippen LogP contribution in [-0.2, 0) is 19.1 Å². The van der Waals surface area contributed by atoms with Crippen LogP contribution in [-0.4, -0.2) is 66.3 Å². The van der Waals surface area contributed by atoms with E-state index >= 15 is 0 Å². The van der Waals surface area contributed by atoms with Crippen molar-refractivity contribution in [3.05, 3.63) is 11.6 Å². The van der Waals surface area contributed by atoms with Gasteiger partial charge < -0.3 is 14.6 Å². The molecule has 35 heavy (non-hydrogen) atoms. The highest BCUT2D eigenvalue weighted by molar-refractivity contribution is 5.86. The van der Waals surface area contributed by atoms with Crippen molar-refractivity contribution in [2.24, 2.45) is 34.5 Å². The van der Waals surface area contributed by atoms with Crippen molar-refractivity contribution < 1.29 is 24.2 Å². The molecule has 3 saturated carbocycles. The lowest BCUT2D eigenvalue weighted by molar-refractivity contribution is -0.166. The molecule has 1 heterocycles. The zero-order valence-electron chi connectivity index (χ0n) is 22.2. The molecule has 0 spiro atoms. The fourth-order valence-electron chi connectivity index (χ4n) is 9.14. The first-order valence-corrected chi connectivity index (χ1v) is 14.0. The SMILES string of the molecule is CC(=O)[C@@]1(O)[C@H](C)CC2[C@@H]3CC=C4CC(OC(=O)CCN5CCOCC5)CC[C@]4(C)C3CC[C@@]21C. The Morgan fingerprint density at radius 1 is 1.17 bits per heavy atom. The van der Waals surface area contributed by atoms with E-state index < -0.39 is 5.60 Å². The van der Waals surface area contributed by atoms with Crippen LogP contribution >= 0.6 is 0 Å². The molecular formula is C29H45NO5. The van der Waals surface area contributed by atoms with Gasteiger partial charge >= 0.3 is 5.97 Å². The molecule has 1 aliphatic heterocycles. The highest BCUT2D eigenvalue weighted by Gasteiger charge is 2.67. The summed E-state index contributed by atoms with van der Waals surface area (Å²) in [6.07, 6.45) is 9.67. The summed E-state index contributed by atoms with van der Waals surface area (Å²) in [6.45, 7) is 12.3. The monoisotopic (exact) mass is 487 g/mol. The highest BCUT2D eigenvalue weighted by atomic mass is 16.5. The summed E-state index contributed by atoms with van der Waals surface area (Å²) in [5.41, 5.74) is 0.100. The third-order valence-electron chi connectivity index (χ3n) is 11.2. The first-order chi connectivity index (χ1) is 16.6. The van der Waals surface area contributed by atoms with E-state index in [0.29, 0.717) is 24.2 Å². The number of esters is 1. The molecule has 0 aromatic carbocycles. The number of hydrogen-bond donors (Lipinski definition) is 1. The molecular weight excluding hydrogens is 442 g/mol. The average molecular weight is 488 g/mol. The number of carbonyl (C=O) groups is 2. The first-order valence-electron chi connectivity index (χ1n) is 14.0. The third-order valence-corrected chi connectivity index (χ3v) is 11.2. The van der Waals surface area contributed by atoms with Gasteiger partial charge in [0.05, 0.1) is 19.6 Å². The molecule has 6 nitrogen and oxygen atoms in total. The second kappa shape index (κ2) is 9.25. The van der Waals surface area contributed by atoms with Crippen LogP contribution in [0.15, 0.2) is 11.6 Å². The van der Waals surface area contributed by atoms with Crippen molar-refractivity contribution in [3.8, 4) is 0 Å². The van der Waals surface area contributed by atoms with E-state index in [4.69, 9.17) is 9.47 Å². The van der Waals surface area contributed by atoms with Gasteiger partial charge in [-0.1, -0.05) is 32.4 Å². The summed E-state index contributed by atoms with van der Waals surface area (Å²) in [5.74, 6) is 1.37. The summed E-state index contributed by atoms with van der Waals surface area (Å²) in [7, 11) is 0. The first kappa shape index (κ1) is 25.4. The van der Waals surface area contributed by atoms with Gasteiger partial charge in [0.15, 0.2) is 5.78 Å². The summed E-state index contributed by atoms with van der Waals surface area (Å²) in [6, 6.07) is 0. The number of ether oxygens (including phenoxy) is 2. The minimum Gasteiger partial charge on any atom is -0.462 e. The standard InChI is InChI=1S/C29H45NO5/c1-19-17-25-23-6-5-21-18-22(35-26(32)9-12-30-13-15-34-16-14-30)7-10-27(21,3)24(23)8-11-28(25,4)29(19,33)20(2)31/h5,19,22-25,33H,6-18H2,1-4H3/t19-,22?,23-,24?,25?,27+,28+,29+/m1/s1. The number of morpholine rings is 1. The van der Waals surface area contributed by atoms with Crippen LogP contribution < -0.4 is 0 Å². The van der Waals surface area contributed by atoms with Crippen molar-refractivity contribution in [1.82, 2.24) is 4.90 Å². The van der Waals surface area contributed by atoms with Crippen molar-refractivity contribution in [2.45, 2.75) is 90.8 Å². The Labute approximate surface area is 210 Å². The molecule has 0 aromatic heterocycles. The van der Waals surface area contributed by atoms with Crippen LogP contribution in [0.4, 0.5) is 0 Å². The molecule has 5 rings (SSSR count). The Morgan fingerprint density at radius 3 is 2.63 bits per heavy atom. The fraction of sp³-hybridized carbons (Fsp3) is 0.862. The molecule has 8 atom stereocenters. The molecule has 4 aliphatic carbocycles. The second-order valence-electron chi connectivity index (χ2n) is 12.7. The van der Waals surface area contributed by atoms with E-state index in [1.165, 1.54) is 5.57 Å². The average Bonchev–Trinajstić information content (AvgIpc) is 3.05. The molecule has 0 radical (unpaired) electrons. The van der Waals surface area contributed by atoms with E-state index in [1.807, 2.05) is 0 Å². The van der Waals surface area contributed by atoms with E-state index in [0.717, 1.165) is 77.8 Å². The molecule has 1 saturated heterocycles. The quantitative estimate of drug-likeness (QED) is 0.464. The second-order valence-corrected chi connectivity index (χ2v) is 12.7. The summed E-state index contributed by atoms with van der Waals surface area (Å²) in [5, 5.41) is 11.6. The topological polar surface area (TPSA) is 76.1 Å². The predicted molar refractivity (Wildman–Crippen MR) is 134 cm³/mol. The van der Waals surface area contributed by atoms with Gasteiger partial charge in [0.1, 0.15) is 11.7 Å². The molecule has 0 aromatic rings. The van der Waals surface area contributed by atoms with Crippen molar-refractivity contribution in [1.29, 1.82) is 0 Å².